The normalized spacial score (nSPS) is 16.4. The number of hydrogen-bond donors (Lipinski definition) is 1. The van der Waals surface area contributed by atoms with Crippen molar-refractivity contribution in [1.82, 2.24) is 0 Å². The van der Waals surface area contributed by atoms with Crippen LogP contribution in [0.5, 0.6) is 23.0 Å². The lowest BCUT2D eigenvalue weighted by Gasteiger charge is -2.36. The van der Waals surface area contributed by atoms with Gasteiger partial charge in [-0.3, -0.25) is 4.79 Å². The topological polar surface area (TPSA) is 91.3 Å². The van der Waals surface area contributed by atoms with Crippen molar-refractivity contribution < 1.29 is 33.6 Å². The fraction of sp³-hybridized carbons (Fsp3) is 0.548. The van der Waals surface area contributed by atoms with Crippen LogP contribution in [0.25, 0.3) is 0 Å². The number of rotatable bonds is 12. The molecule has 1 aliphatic rings. The van der Waals surface area contributed by atoms with Gasteiger partial charge in [-0.25, -0.2) is 4.79 Å². The van der Waals surface area contributed by atoms with E-state index in [1.165, 1.54) is 14.0 Å². The minimum atomic E-state index is -0.971. The minimum Gasteiger partial charge on any atom is -0.507 e. The van der Waals surface area contributed by atoms with Crippen LogP contribution in [0.4, 0.5) is 0 Å². The van der Waals surface area contributed by atoms with Crippen molar-refractivity contribution >= 4 is 11.8 Å². The Morgan fingerprint density at radius 1 is 1.03 bits per heavy atom. The molecule has 2 aromatic carbocycles. The molecule has 7 nitrogen and oxygen atoms in total. The minimum absolute atomic E-state index is 0.0386. The zero-order chi connectivity index (χ0) is 28.0. The summed E-state index contributed by atoms with van der Waals surface area (Å²) in [6, 6.07) is 3.41. The van der Waals surface area contributed by atoms with E-state index in [1.807, 2.05) is 20.8 Å². The summed E-state index contributed by atoms with van der Waals surface area (Å²) in [5.74, 6) is 1.84. The predicted octanol–water partition coefficient (Wildman–Crippen LogP) is 6.36. The van der Waals surface area contributed by atoms with Gasteiger partial charge in [0, 0.05) is 17.5 Å². The number of phenolic OH excluding ortho intramolecular Hbond substituents is 1. The summed E-state index contributed by atoms with van der Waals surface area (Å²) in [5, 5.41) is 10.5. The van der Waals surface area contributed by atoms with Gasteiger partial charge >= 0.3 is 5.97 Å². The Bertz CT molecular complexity index is 1180. The molecular weight excluding hydrogens is 484 g/mol. The molecular formula is C31H42O7. The number of carbonyl (C=O) groups excluding carboxylic acids is 2. The Morgan fingerprint density at radius 2 is 1.71 bits per heavy atom. The van der Waals surface area contributed by atoms with E-state index in [9.17, 15) is 14.7 Å². The number of aromatic hydroxyl groups is 1. The summed E-state index contributed by atoms with van der Waals surface area (Å²) in [7, 11) is 1.39. The van der Waals surface area contributed by atoms with E-state index in [2.05, 4.69) is 6.92 Å². The molecule has 0 amide bonds. The Labute approximate surface area is 226 Å². The van der Waals surface area contributed by atoms with E-state index in [0.29, 0.717) is 42.9 Å². The second-order valence-corrected chi connectivity index (χ2v) is 10.3. The fourth-order valence-corrected chi connectivity index (χ4v) is 5.08. The van der Waals surface area contributed by atoms with E-state index < -0.39 is 5.60 Å². The molecule has 2 aromatic rings. The molecule has 0 radical (unpaired) electrons. The number of ketones is 1. The third-order valence-corrected chi connectivity index (χ3v) is 7.52. The van der Waals surface area contributed by atoms with Crippen molar-refractivity contribution in [3.63, 3.8) is 0 Å². The lowest BCUT2D eigenvalue weighted by molar-refractivity contribution is -0.159. The highest BCUT2D eigenvalue weighted by Crippen LogP contribution is 2.44. The van der Waals surface area contributed by atoms with Crippen molar-refractivity contribution in [3.8, 4) is 23.0 Å². The number of esters is 1. The van der Waals surface area contributed by atoms with Gasteiger partial charge in [0.2, 0.25) is 5.60 Å². The summed E-state index contributed by atoms with van der Waals surface area (Å²) in [5.41, 5.74) is 4.25. The third kappa shape index (κ3) is 6.08. The van der Waals surface area contributed by atoms with Gasteiger partial charge < -0.3 is 24.1 Å². The number of carbonyl (C=O) groups is 2. The van der Waals surface area contributed by atoms with Crippen LogP contribution in [0, 0.1) is 20.8 Å². The number of phenols is 1. The maximum Gasteiger partial charge on any atom is 0.349 e. The number of benzene rings is 2. The largest absolute Gasteiger partial charge is 0.507 e. The number of fused-ring (bicyclic) bond motifs is 1. The maximum atomic E-state index is 12.3. The molecule has 208 valence electrons. The van der Waals surface area contributed by atoms with Crippen molar-refractivity contribution in [2.75, 3.05) is 20.3 Å². The van der Waals surface area contributed by atoms with Crippen LogP contribution >= 0.6 is 0 Å². The molecule has 1 atom stereocenters. The Hall–Kier alpha value is -3.22. The van der Waals surface area contributed by atoms with Crippen LogP contribution < -0.4 is 14.2 Å². The van der Waals surface area contributed by atoms with Crippen molar-refractivity contribution in [2.45, 2.75) is 92.1 Å². The Balaban J connectivity index is 1.54. The summed E-state index contributed by atoms with van der Waals surface area (Å²) in [4.78, 5) is 24.0. The number of methoxy groups -OCH3 is 1. The molecule has 3 rings (SSSR count). The van der Waals surface area contributed by atoms with Gasteiger partial charge in [0.15, 0.2) is 5.78 Å². The highest BCUT2D eigenvalue weighted by atomic mass is 16.6. The van der Waals surface area contributed by atoms with E-state index in [1.54, 1.807) is 19.1 Å². The number of hydrogen-bond acceptors (Lipinski definition) is 7. The molecule has 1 N–H and O–H groups in total. The summed E-state index contributed by atoms with van der Waals surface area (Å²) in [6.45, 7) is 12.5. The van der Waals surface area contributed by atoms with Crippen LogP contribution in [-0.2, 0) is 22.4 Å². The average molecular weight is 527 g/mol. The van der Waals surface area contributed by atoms with E-state index in [-0.39, 0.29) is 17.5 Å². The quantitative estimate of drug-likeness (QED) is 0.196. The lowest BCUT2D eigenvalue weighted by atomic mass is 9.87. The fourth-order valence-electron chi connectivity index (χ4n) is 5.08. The molecule has 0 aromatic heterocycles. The van der Waals surface area contributed by atoms with Gasteiger partial charge in [-0.05, 0) is 95.5 Å². The first kappa shape index (κ1) is 29.3. The monoisotopic (exact) mass is 526 g/mol. The van der Waals surface area contributed by atoms with Crippen LogP contribution in [0.2, 0.25) is 0 Å². The maximum absolute atomic E-state index is 12.3. The predicted molar refractivity (Wildman–Crippen MR) is 147 cm³/mol. The van der Waals surface area contributed by atoms with Crippen LogP contribution in [0.1, 0.15) is 91.1 Å². The molecule has 0 fully saturated rings. The van der Waals surface area contributed by atoms with Crippen molar-refractivity contribution in [1.29, 1.82) is 0 Å². The van der Waals surface area contributed by atoms with Crippen LogP contribution in [0.15, 0.2) is 12.1 Å². The Kier molecular flexibility index (Phi) is 9.69. The molecule has 1 aliphatic heterocycles. The molecule has 1 unspecified atom stereocenters. The highest BCUT2D eigenvalue weighted by Gasteiger charge is 2.41. The molecule has 1 heterocycles. The van der Waals surface area contributed by atoms with Gasteiger partial charge in [0.1, 0.15) is 23.0 Å². The van der Waals surface area contributed by atoms with Crippen molar-refractivity contribution in [3.05, 3.63) is 45.5 Å². The molecule has 0 bridgehead atoms. The first-order valence-electron chi connectivity index (χ1n) is 13.6. The molecule has 0 aliphatic carbocycles. The number of ether oxygens (including phenoxy) is 4. The summed E-state index contributed by atoms with van der Waals surface area (Å²) < 4.78 is 23.4. The lowest BCUT2D eigenvalue weighted by Crippen LogP contribution is -2.45. The van der Waals surface area contributed by atoms with E-state index in [4.69, 9.17) is 18.9 Å². The van der Waals surface area contributed by atoms with Crippen LogP contribution in [-0.4, -0.2) is 42.8 Å². The SMILES string of the molecule is CCCc1c(OCCCCCOc2c(C)c(C)c3c(c2C)CCC(C)(C(=O)OC)O3)ccc(C(C)=O)c1O. The van der Waals surface area contributed by atoms with Gasteiger partial charge in [-0.1, -0.05) is 13.3 Å². The molecule has 0 saturated heterocycles. The van der Waals surface area contributed by atoms with Gasteiger partial charge in [-0.15, -0.1) is 0 Å². The second kappa shape index (κ2) is 12.5. The van der Waals surface area contributed by atoms with Gasteiger partial charge in [-0.2, -0.15) is 0 Å². The first-order valence-corrected chi connectivity index (χ1v) is 13.6. The van der Waals surface area contributed by atoms with Crippen molar-refractivity contribution in [2.24, 2.45) is 0 Å². The average Bonchev–Trinajstić information content (AvgIpc) is 2.89. The van der Waals surface area contributed by atoms with Crippen LogP contribution in [0.3, 0.4) is 0 Å². The number of Topliss-reactive ketones (excluding diaryl/α,β-unsaturated/α-hetero) is 1. The molecule has 7 heteroatoms. The van der Waals surface area contributed by atoms with Gasteiger partial charge in [0.05, 0.1) is 25.9 Å². The Morgan fingerprint density at radius 3 is 2.34 bits per heavy atom. The molecule has 0 spiro atoms. The number of unbranched alkanes of at least 4 members (excludes halogenated alkanes) is 2. The summed E-state index contributed by atoms with van der Waals surface area (Å²) in [6.07, 6.45) is 5.46. The van der Waals surface area contributed by atoms with E-state index in [0.717, 1.165) is 65.9 Å². The van der Waals surface area contributed by atoms with E-state index >= 15 is 0 Å². The summed E-state index contributed by atoms with van der Waals surface area (Å²) >= 11 is 0. The highest BCUT2D eigenvalue weighted by molar-refractivity contribution is 5.97. The van der Waals surface area contributed by atoms with Gasteiger partial charge in [0.25, 0.3) is 0 Å². The molecule has 0 saturated carbocycles. The zero-order valence-electron chi connectivity index (χ0n) is 23.9. The second-order valence-electron chi connectivity index (χ2n) is 10.3. The molecule has 38 heavy (non-hydrogen) atoms. The standard InChI is InChI=1S/C31H42O7/c1-8-12-25-26(14-13-24(22(5)32)27(25)33)36-17-10-9-11-18-37-28-19(2)20(3)29-23(21(28)4)15-16-31(6,38-29)30(34)35-7/h13-14,33H,8-12,15-18H2,1-7H3. The first-order chi connectivity index (χ1) is 18.1. The zero-order valence-corrected chi connectivity index (χ0v) is 23.9. The smallest absolute Gasteiger partial charge is 0.349 e. The third-order valence-electron chi connectivity index (χ3n) is 7.52.